The van der Waals surface area contributed by atoms with Gasteiger partial charge in [0.2, 0.25) is 0 Å². The van der Waals surface area contributed by atoms with E-state index >= 15 is 0 Å². The summed E-state index contributed by atoms with van der Waals surface area (Å²) in [5, 5.41) is 42.0. The van der Waals surface area contributed by atoms with Gasteiger partial charge in [-0.15, -0.1) is 0 Å². The molecule has 3 aromatic rings. The molecule has 2 heterocycles. The van der Waals surface area contributed by atoms with Crippen molar-refractivity contribution < 1.29 is 49.2 Å². The highest BCUT2D eigenvalue weighted by molar-refractivity contribution is 5.18. The first-order chi connectivity index (χ1) is 20.4. The maximum atomic E-state index is 9.12. The number of aliphatic hydroxyl groups excluding tert-OH is 5. The molecule has 3 atom stereocenters. The van der Waals surface area contributed by atoms with Gasteiger partial charge in [0.1, 0.15) is 18.3 Å². The Balaban J connectivity index is 0.000000203. The maximum absolute atomic E-state index is 9.12. The largest absolute Gasteiger partial charge is 0.394 e. The van der Waals surface area contributed by atoms with E-state index in [-0.39, 0.29) is 44.6 Å². The first-order valence-corrected chi connectivity index (χ1v) is 13.8. The highest BCUT2D eigenvalue weighted by Crippen LogP contribution is 2.26. The van der Waals surface area contributed by atoms with Gasteiger partial charge in [0, 0.05) is 18.2 Å². The zero-order valence-corrected chi connectivity index (χ0v) is 24.1. The van der Waals surface area contributed by atoms with Crippen LogP contribution in [0.15, 0.2) is 91.0 Å². The third kappa shape index (κ3) is 13.5. The summed E-state index contributed by atoms with van der Waals surface area (Å²) in [6, 6.07) is 29.6. The quantitative estimate of drug-likeness (QED) is 0.279. The molecule has 42 heavy (non-hydrogen) atoms. The normalized spacial score (nSPS) is 22.0. The number of methoxy groups -OCH3 is 1. The Kier molecular flexibility index (Phi) is 17.8. The average Bonchev–Trinajstić information content (AvgIpc) is 3.56. The molecular formula is C32H44O10. The first-order valence-electron chi connectivity index (χ1n) is 13.8. The summed E-state index contributed by atoms with van der Waals surface area (Å²) in [5.74, 6) is 0. The minimum absolute atomic E-state index is 0.0172. The van der Waals surface area contributed by atoms with Crippen LogP contribution in [0.4, 0.5) is 0 Å². The highest BCUT2D eigenvalue weighted by atomic mass is 16.7. The van der Waals surface area contributed by atoms with Gasteiger partial charge in [-0.25, -0.2) is 0 Å². The third-order valence-corrected chi connectivity index (χ3v) is 6.02. The number of hydrogen-bond donors (Lipinski definition) is 5. The third-order valence-electron chi connectivity index (χ3n) is 6.02. The summed E-state index contributed by atoms with van der Waals surface area (Å²) in [6.07, 6.45) is -2.03. The Hall–Kier alpha value is -2.74. The first kappa shape index (κ1) is 35.5. The van der Waals surface area contributed by atoms with E-state index in [1.54, 1.807) is 7.11 Å². The average molecular weight is 589 g/mol. The van der Waals surface area contributed by atoms with Gasteiger partial charge in [-0.3, -0.25) is 0 Å². The van der Waals surface area contributed by atoms with Crippen molar-refractivity contribution in [3.8, 4) is 0 Å². The molecule has 5 rings (SSSR count). The van der Waals surface area contributed by atoms with E-state index in [9.17, 15) is 0 Å². The van der Waals surface area contributed by atoms with Crippen LogP contribution in [-0.4, -0.2) is 90.6 Å². The van der Waals surface area contributed by atoms with Gasteiger partial charge in [0.25, 0.3) is 0 Å². The van der Waals surface area contributed by atoms with Crippen LogP contribution in [0.1, 0.15) is 42.3 Å². The van der Waals surface area contributed by atoms with E-state index in [0.717, 1.165) is 11.1 Å². The van der Waals surface area contributed by atoms with Crippen molar-refractivity contribution in [3.05, 3.63) is 108 Å². The van der Waals surface area contributed by atoms with E-state index in [2.05, 4.69) is 12.1 Å². The molecule has 10 nitrogen and oxygen atoms in total. The van der Waals surface area contributed by atoms with E-state index < -0.39 is 12.2 Å². The minimum atomic E-state index is -0.954. The second kappa shape index (κ2) is 21.0. The molecule has 0 amide bonds. The molecule has 10 heteroatoms. The lowest BCUT2D eigenvalue weighted by Gasteiger charge is -2.26. The van der Waals surface area contributed by atoms with Crippen molar-refractivity contribution in [1.82, 2.24) is 0 Å². The van der Waals surface area contributed by atoms with Crippen LogP contribution in [-0.2, 0) is 23.7 Å². The molecule has 0 aromatic heterocycles. The van der Waals surface area contributed by atoms with Crippen molar-refractivity contribution in [1.29, 1.82) is 0 Å². The van der Waals surface area contributed by atoms with Crippen LogP contribution < -0.4 is 0 Å². The van der Waals surface area contributed by atoms with Crippen LogP contribution in [0.25, 0.3) is 0 Å². The van der Waals surface area contributed by atoms with Crippen molar-refractivity contribution in [2.45, 2.75) is 43.9 Å². The molecule has 232 valence electrons. The molecule has 0 aliphatic carbocycles. The van der Waals surface area contributed by atoms with Crippen molar-refractivity contribution in [2.24, 2.45) is 0 Å². The highest BCUT2D eigenvalue weighted by Gasteiger charge is 2.26. The Labute approximate surface area is 247 Å². The zero-order chi connectivity index (χ0) is 30.6. The van der Waals surface area contributed by atoms with Crippen LogP contribution >= 0.6 is 0 Å². The summed E-state index contributed by atoms with van der Waals surface area (Å²) < 4.78 is 26.5. The molecule has 5 N–H and O–H groups in total. The van der Waals surface area contributed by atoms with Crippen LogP contribution in [0.3, 0.4) is 0 Å². The second-order valence-electron chi connectivity index (χ2n) is 9.39. The predicted molar refractivity (Wildman–Crippen MR) is 156 cm³/mol. The van der Waals surface area contributed by atoms with Crippen molar-refractivity contribution >= 4 is 0 Å². The van der Waals surface area contributed by atoms with Gasteiger partial charge in [-0.05, 0) is 12.5 Å². The molecular weight excluding hydrogens is 544 g/mol. The molecule has 2 saturated heterocycles. The molecule has 0 bridgehead atoms. The molecule has 0 radical (unpaired) electrons. The smallest absolute Gasteiger partial charge is 0.184 e. The Morgan fingerprint density at radius 2 is 1.17 bits per heavy atom. The van der Waals surface area contributed by atoms with E-state index in [1.165, 1.54) is 5.56 Å². The SMILES string of the molecule is COC(C)c1ccccc1.OC1COC(c2ccccc2)OC1.OCC(O)CO.OCC1COC(c2ccccc2)O1. The molecule has 2 aliphatic heterocycles. The zero-order valence-electron chi connectivity index (χ0n) is 24.1. The lowest BCUT2D eigenvalue weighted by molar-refractivity contribution is -0.220. The summed E-state index contributed by atoms with van der Waals surface area (Å²) in [7, 11) is 1.72. The van der Waals surface area contributed by atoms with Gasteiger partial charge in [0.15, 0.2) is 12.6 Å². The second-order valence-corrected chi connectivity index (χ2v) is 9.39. The fourth-order valence-corrected chi connectivity index (χ4v) is 3.54. The standard InChI is InChI=1S/2C10H12O3.C9H12O.C3H8O3/c11-9-6-12-10(13-7-9)8-4-2-1-3-5-8;11-6-9-7-12-10(13-9)8-4-2-1-3-5-8;1-8(10-2)9-6-4-3-5-7-9;4-1-3(6)2-5/h2*1-5,9-11H,6-7H2;3-8H,1-2H3;3-6H,1-2H2. The summed E-state index contributed by atoms with van der Waals surface area (Å²) >= 11 is 0. The fraction of sp³-hybridized carbons (Fsp3) is 0.438. The Morgan fingerprint density at radius 3 is 1.57 bits per heavy atom. The molecule has 3 aromatic carbocycles. The van der Waals surface area contributed by atoms with Crippen molar-refractivity contribution in [2.75, 3.05) is 46.8 Å². The van der Waals surface area contributed by atoms with Gasteiger partial charge in [-0.1, -0.05) is 91.0 Å². The Bertz CT molecular complexity index is 991. The number of ether oxygens (including phenoxy) is 5. The topological polar surface area (TPSA) is 147 Å². The lowest BCUT2D eigenvalue weighted by Crippen LogP contribution is -2.30. The predicted octanol–water partition coefficient (Wildman–Crippen LogP) is 2.91. The van der Waals surface area contributed by atoms with Gasteiger partial charge in [0.05, 0.1) is 45.7 Å². The van der Waals surface area contributed by atoms with E-state index in [4.69, 9.17) is 49.2 Å². The van der Waals surface area contributed by atoms with Crippen molar-refractivity contribution in [3.63, 3.8) is 0 Å². The molecule has 3 unspecified atom stereocenters. The van der Waals surface area contributed by atoms with Crippen LogP contribution in [0.2, 0.25) is 0 Å². The molecule has 2 fully saturated rings. The Morgan fingerprint density at radius 1 is 0.714 bits per heavy atom. The number of benzene rings is 3. The molecule has 2 aliphatic rings. The van der Waals surface area contributed by atoms with E-state index in [1.807, 2.05) is 85.8 Å². The number of aliphatic hydroxyl groups is 5. The lowest BCUT2D eigenvalue weighted by atomic mass is 10.1. The summed E-state index contributed by atoms with van der Waals surface area (Å²) in [5.41, 5.74) is 3.22. The van der Waals surface area contributed by atoms with Crippen LogP contribution in [0, 0.1) is 0 Å². The maximum Gasteiger partial charge on any atom is 0.184 e. The van der Waals surface area contributed by atoms with Crippen LogP contribution in [0.5, 0.6) is 0 Å². The number of rotatable bonds is 7. The van der Waals surface area contributed by atoms with Gasteiger partial charge in [-0.2, -0.15) is 0 Å². The van der Waals surface area contributed by atoms with Gasteiger partial charge < -0.3 is 49.2 Å². The summed E-state index contributed by atoms with van der Waals surface area (Å²) in [4.78, 5) is 0. The summed E-state index contributed by atoms with van der Waals surface area (Å²) in [6.45, 7) is 2.49. The monoisotopic (exact) mass is 588 g/mol. The van der Waals surface area contributed by atoms with Gasteiger partial charge >= 0.3 is 0 Å². The number of hydrogen-bond acceptors (Lipinski definition) is 10. The fourth-order valence-electron chi connectivity index (χ4n) is 3.54. The molecule has 0 saturated carbocycles. The minimum Gasteiger partial charge on any atom is -0.394 e. The molecule has 0 spiro atoms. The van der Waals surface area contributed by atoms with E-state index in [0.29, 0.717) is 19.8 Å².